The summed E-state index contributed by atoms with van der Waals surface area (Å²) in [5.41, 5.74) is 0.732. The summed E-state index contributed by atoms with van der Waals surface area (Å²) >= 11 is 10.3. The monoisotopic (exact) mass is 660 g/mol. The lowest BCUT2D eigenvalue weighted by Crippen LogP contribution is -2.63. The first-order valence-electron chi connectivity index (χ1n) is 14.3. The highest BCUT2D eigenvalue weighted by atomic mass is 79.9. The number of esters is 1. The molecule has 228 valence electrons. The molecule has 0 radical (unpaired) electrons. The Balaban J connectivity index is 1.29. The van der Waals surface area contributed by atoms with Crippen LogP contribution < -0.4 is 4.74 Å². The minimum absolute atomic E-state index is 0.153. The molecule has 5 saturated heterocycles. The molecule has 5 aliphatic rings. The number of alkyl halides is 2. The molecular weight excluding hydrogens is 624 g/mol. The van der Waals surface area contributed by atoms with Crippen molar-refractivity contribution in [2.24, 2.45) is 0 Å². The van der Waals surface area contributed by atoms with Gasteiger partial charge in [0, 0.05) is 28.6 Å². The Hall–Kier alpha value is -1.02. The quantitative estimate of drug-likeness (QED) is 0.307. The van der Waals surface area contributed by atoms with Gasteiger partial charge in [-0.3, -0.25) is 4.79 Å². The third-order valence-corrected chi connectivity index (χ3v) is 9.59. The summed E-state index contributed by atoms with van der Waals surface area (Å²) in [7, 11) is 2.98. The molecule has 2 unspecified atom stereocenters. The summed E-state index contributed by atoms with van der Waals surface area (Å²) in [6, 6.07) is 7.32. The highest BCUT2D eigenvalue weighted by Crippen LogP contribution is 2.58. The van der Waals surface area contributed by atoms with Crippen LogP contribution in [0.5, 0.6) is 5.75 Å². The van der Waals surface area contributed by atoms with Crippen molar-refractivity contribution >= 4 is 33.5 Å². The van der Waals surface area contributed by atoms with Crippen molar-refractivity contribution in [2.45, 2.75) is 123 Å². The topological polar surface area (TPSA) is 111 Å². The fourth-order valence-electron chi connectivity index (χ4n) is 6.89. The summed E-state index contributed by atoms with van der Waals surface area (Å²) in [5, 5.41) is 12.0. The van der Waals surface area contributed by atoms with Crippen LogP contribution in [0.1, 0.15) is 63.7 Å². The van der Waals surface area contributed by atoms with Gasteiger partial charge in [0.05, 0.1) is 45.1 Å². The van der Waals surface area contributed by atoms with E-state index in [1.165, 1.54) is 7.11 Å². The first-order valence-corrected chi connectivity index (χ1v) is 15.7. The second-order valence-corrected chi connectivity index (χ2v) is 13.9. The lowest BCUT2D eigenvalue weighted by atomic mass is 9.84. The molecule has 10 nitrogen and oxygen atoms in total. The Morgan fingerprint density at radius 1 is 1.10 bits per heavy atom. The molecule has 12 heteroatoms. The fourth-order valence-corrected chi connectivity index (χ4v) is 7.93. The van der Waals surface area contributed by atoms with Crippen molar-refractivity contribution < 1.29 is 47.8 Å². The molecule has 0 saturated carbocycles. The standard InChI is InChI=1S/C29H38BrClO10/c1-15(30)12-17(31)10-11-28-27-29(33,41-26(38-27)16-4-6-18(34-2)7-5-16)25(40-28)22-14-21(39-28)24-20(37-22)9-8-19(36-24)13-23(32)35-3/h4-7,15,17,19-22,24-27,33H,8-14H2,1-3H3/t15?,17-,19-,20+,21-,22?,24+,25+,26+,27+,28-,29-/m1/s1. The maximum atomic E-state index is 12.1. The largest absolute Gasteiger partial charge is 0.497 e. The number of rotatable bonds is 9. The van der Waals surface area contributed by atoms with Gasteiger partial charge in [0.1, 0.15) is 18.0 Å². The number of fused-ring (bicyclic) bond motifs is 10. The minimum atomic E-state index is -1.81. The molecule has 1 aromatic rings. The van der Waals surface area contributed by atoms with Crippen LogP contribution in [0.3, 0.4) is 0 Å². The van der Waals surface area contributed by atoms with Gasteiger partial charge in [0.15, 0.2) is 12.4 Å². The Morgan fingerprint density at radius 3 is 2.59 bits per heavy atom. The van der Waals surface area contributed by atoms with Gasteiger partial charge in [0.2, 0.25) is 11.6 Å². The van der Waals surface area contributed by atoms with Gasteiger partial charge in [-0.05, 0) is 37.8 Å². The molecule has 4 bridgehead atoms. The number of methoxy groups -OCH3 is 2. The molecule has 5 aliphatic heterocycles. The summed E-state index contributed by atoms with van der Waals surface area (Å²) in [6.07, 6.45) is -0.917. The SMILES string of the molecule is COC(=O)C[C@H]1CC[C@@H]2OC3C[C@@H](O[C@]4(CC[C@@H](Cl)CC(C)Br)O[C@@H]3[C@@]3(O)O[C@@H](c5ccc(OC)cc5)O[C@@H]43)[C@H]2O1. The molecule has 0 aromatic heterocycles. The molecule has 0 amide bonds. The number of halogens is 2. The summed E-state index contributed by atoms with van der Waals surface area (Å²) in [6.45, 7) is 2.05. The van der Waals surface area contributed by atoms with Crippen LogP contribution in [0, 0.1) is 0 Å². The lowest BCUT2D eigenvalue weighted by Gasteiger charge is -2.48. The molecular formula is C29H38BrClO10. The smallest absolute Gasteiger partial charge is 0.308 e. The van der Waals surface area contributed by atoms with Gasteiger partial charge < -0.3 is 43.0 Å². The number of carbonyl (C=O) groups excluding carboxylic acids is 1. The highest BCUT2D eigenvalue weighted by molar-refractivity contribution is 9.09. The van der Waals surface area contributed by atoms with Crippen molar-refractivity contribution in [3.05, 3.63) is 29.8 Å². The number of hydrogen-bond donors (Lipinski definition) is 1. The zero-order valence-corrected chi connectivity index (χ0v) is 25.8. The van der Waals surface area contributed by atoms with Crippen molar-refractivity contribution in [1.29, 1.82) is 0 Å². The van der Waals surface area contributed by atoms with E-state index in [0.717, 1.165) is 12.0 Å². The van der Waals surface area contributed by atoms with Gasteiger partial charge in [-0.2, -0.15) is 0 Å². The fraction of sp³-hybridized carbons (Fsp3) is 0.759. The molecule has 41 heavy (non-hydrogen) atoms. The van der Waals surface area contributed by atoms with Crippen LogP contribution in [0.4, 0.5) is 0 Å². The number of ether oxygens (including phenoxy) is 8. The van der Waals surface area contributed by atoms with Gasteiger partial charge in [-0.15, -0.1) is 11.6 Å². The maximum absolute atomic E-state index is 12.1. The van der Waals surface area contributed by atoms with E-state index in [4.69, 9.17) is 49.5 Å². The van der Waals surface area contributed by atoms with E-state index in [9.17, 15) is 9.90 Å². The molecule has 6 rings (SSSR count). The molecule has 5 fully saturated rings. The van der Waals surface area contributed by atoms with Crippen molar-refractivity contribution in [1.82, 2.24) is 0 Å². The Morgan fingerprint density at radius 2 is 1.88 bits per heavy atom. The molecule has 5 heterocycles. The molecule has 12 atom stereocenters. The predicted molar refractivity (Wildman–Crippen MR) is 149 cm³/mol. The second kappa shape index (κ2) is 11.8. The number of aliphatic hydroxyl groups is 1. The van der Waals surface area contributed by atoms with E-state index in [2.05, 4.69) is 22.9 Å². The number of hydrogen-bond acceptors (Lipinski definition) is 10. The zero-order valence-electron chi connectivity index (χ0n) is 23.4. The Bertz CT molecular complexity index is 1090. The normalized spacial score (nSPS) is 42.5. The van der Waals surface area contributed by atoms with Gasteiger partial charge in [-0.25, -0.2) is 0 Å². The summed E-state index contributed by atoms with van der Waals surface area (Å²) in [5.74, 6) is -2.77. The third kappa shape index (κ3) is 5.67. The van der Waals surface area contributed by atoms with Crippen LogP contribution in [0.2, 0.25) is 0 Å². The van der Waals surface area contributed by atoms with Crippen LogP contribution in [0.15, 0.2) is 24.3 Å². The third-order valence-electron chi connectivity index (χ3n) is 8.82. The second-order valence-electron chi connectivity index (χ2n) is 11.7. The van der Waals surface area contributed by atoms with E-state index in [1.54, 1.807) is 7.11 Å². The van der Waals surface area contributed by atoms with Crippen molar-refractivity contribution in [2.75, 3.05) is 14.2 Å². The van der Waals surface area contributed by atoms with Crippen molar-refractivity contribution in [3.63, 3.8) is 0 Å². The van der Waals surface area contributed by atoms with Gasteiger partial charge >= 0.3 is 5.97 Å². The van der Waals surface area contributed by atoms with Crippen LogP contribution in [-0.4, -0.2) is 89.8 Å². The maximum Gasteiger partial charge on any atom is 0.308 e. The first kappa shape index (κ1) is 30.0. The zero-order chi connectivity index (χ0) is 28.9. The van der Waals surface area contributed by atoms with Crippen molar-refractivity contribution in [3.8, 4) is 5.75 Å². The average molecular weight is 662 g/mol. The molecule has 1 N–H and O–H groups in total. The van der Waals surface area contributed by atoms with E-state index in [1.807, 2.05) is 24.3 Å². The van der Waals surface area contributed by atoms with E-state index in [0.29, 0.717) is 37.9 Å². The number of benzene rings is 1. The molecule has 0 spiro atoms. The van der Waals surface area contributed by atoms with Gasteiger partial charge in [0.25, 0.3) is 0 Å². The molecule has 1 aromatic carbocycles. The Kier molecular flexibility index (Phi) is 8.65. The first-order chi connectivity index (χ1) is 19.6. The lowest BCUT2D eigenvalue weighted by molar-refractivity contribution is -0.306. The van der Waals surface area contributed by atoms with Crippen LogP contribution >= 0.6 is 27.5 Å². The summed E-state index contributed by atoms with van der Waals surface area (Å²) in [4.78, 5) is 12.2. The van der Waals surface area contributed by atoms with Crippen LogP contribution in [-0.2, 0) is 38.0 Å². The Labute approximate surface area is 253 Å². The van der Waals surface area contributed by atoms with Gasteiger partial charge in [-0.1, -0.05) is 35.0 Å². The minimum Gasteiger partial charge on any atom is -0.497 e. The van der Waals surface area contributed by atoms with E-state index in [-0.39, 0.29) is 34.8 Å². The average Bonchev–Trinajstić information content (AvgIpc) is 3.37. The molecule has 0 aliphatic carbocycles. The van der Waals surface area contributed by atoms with E-state index >= 15 is 0 Å². The van der Waals surface area contributed by atoms with Crippen LogP contribution in [0.25, 0.3) is 0 Å². The van der Waals surface area contributed by atoms with E-state index < -0.39 is 48.4 Å². The predicted octanol–water partition coefficient (Wildman–Crippen LogP) is 4.12. The number of carbonyl (C=O) groups is 1. The summed E-state index contributed by atoms with van der Waals surface area (Å²) < 4.78 is 49.3. The highest BCUT2D eigenvalue weighted by Gasteiger charge is 2.75.